The molecule has 21 heavy (non-hydrogen) atoms. The Balaban J connectivity index is 2.69. The first-order valence-electron chi connectivity index (χ1n) is 6.15. The minimum absolute atomic E-state index is 0.235. The van der Waals surface area contributed by atoms with Gasteiger partial charge in [0, 0.05) is 6.20 Å². The van der Waals surface area contributed by atoms with Crippen molar-refractivity contribution in [1.82, 2.24) is 9.38 Å². The van der Waals surface area contributed by atoms with Crippen LogP contribution in [0.2, 0.25) is 0 Å². The number of carbonyl (C=O) groups is 1. The quantitative estimate of drug-likeness (QED) is 0.516. The number of carboxylic acid groups (broad SMARTS) is 1. The number of hydrogen-bond donors (Lipinski definition) is 1. The van der Waals surface area contributed by atoms with Crippen molar-refractivity contribution in [2.45, 2.75) is 6.92 Å². The monoisotopic (exact) mass is 283 g/mol. The molecule has 2 aromatic rings. The van der Waals surface area contributed by atoms with Gasteiger partial charge in [-0.15, -0.1) is 0 Å². The molecule has 0 radical (unpaired) electrons. The van der Waals surface area contributed by atoms with E-state index in [0.717, 1.165) is 5.56 Å². The van der Waals surface area contributed by atoms with Gasteiger partial charge in [-0.25, -0.2) is 4.79 Å². The first kappa shape index (κ1) is 14.3. The topological polar surface area (TPSA) is 87.6 Å². The van der Waals surface area contributed by atoms with Gasteiger partial charge >= 0.3 is 5.97 Å². The van der Waals surface area contributed by atoms with Crippen LogP contribution in [0.15, 0.2) is 36.6 Å². The van der Waals surface area contributed by atoms with Crippen LogP contribution in [0.5, 0.6) is 5.88 Å². The fourth-order valence-corrected chi connectivity index (χ4v) is 1.86. The second-order valence-electron chi connectivity index (χ2n) is 4.26. The third kappa shape index (κ3) is 2.77. The van der Waals surface area contributed by atoms with Crippen LogP contribution in [-0.2, 0) is 4.79 Å². The molecule has 0 saturated carbocycles. The Hall–Kier alpha value is -3.07. The summed E-state index contributed by atoms with van der Waals surface area (Å²) < 4.78 is 7.14. The van der Waals surface area contributed by atoms with E-state index in [2.05, 4.69) is 11.6 Å². The highest BCUT2D eigenvalue weighted by Crippen LogP contribution is 2.24. The van der Waals surface area contributed by atoms with Crippen molar-refractivity contribution >= 4 is 17.7 Å². The van der Waals surface area contributed by atoms with E-state index < -0.39 is 5.97 Å². The lowest BCUT2D eigenvalue weighted by atomic mass is 10.2. The predicted molar refractivity (Wildman–Crippen MR) is 76.8 cm³/mol. The highest BCUT2D eigenvalue weighted by atomic mass is 16.5. The normalized spacial score (nSPS) is 11.1. The predicted octanol–water partition coefficient (Wildman–Crippen LogP) is 2.20. The van der Waals surface area contributed by atoms with Crippen LogP contribution in [0.1, 0.15) is 11.3 Å². The van der Waals surface area contributed by atoms with Gasteiger partial charge in [-0.3, -0.25) is 4.40 Å². The molecule has 2 aromatic heterocycles. The van der Waals surface area contributed by atoms with Crippen LogP contribution in [0, 0.1) is 18.3 Å². The van der Waals surface area contributed by atoms with Gasteiger partial charge in [0.15, 0.2) is 0 Å². The minimum atomic E-state index is -1.30. The minimum Gasteiger partial charge on any atom is -0.477 e. The second-order valence-corrected chi connectivity index (χ2v) is 4.26. The first-order chi connectivity index (χ1) is 10.1. The van der Waals surface area contributed by atoms with Gasteiger partial charge in [0.2, 0.25) is 5.88 Å². The highest BCUT2D eigenvalue weighted by molar-refractivity contribution is 5.96. The average Bonchev–Trinajstić information content (AvgIpc) is 2.81. The third-order valence-corrected chi connectivity index (χ3v) is 2.82. The van der Waals surface area contributed by atoms with Crippen LogP contribution >= 0.6 is 0 Å². The summed E-state index contributed by atoms with van der Waals surface area (Å²) in [7, 11) is 0. The molecule has 1 N–H and O–H groups in total. The molecule has 2 heterocycles. The van der Waals surface area contributed by atoms with E-state index in [1.54, 1.807) is 22.7 Å². The smallest absolute Gasteiger partial charge is 0.346 e. The molecular formula is C15H13N3O3. The molecule has 0 saturated heterocycles. The number of aliphatic carboxylic acids is 1. The number of nitriles is 1. The van der Waals surface area contributed by atoms with Crippen molar-refractivity contribution in [3.63, 3.8) is 0 Å². The molecule has 0 aliphatic carbocycles. The maximum Gasteiger partial charge on any atom is 0.346 e. The molecule has 6 nitrogen and oxygen atoms in total. The number of nitrogens with zero attached hydrogens (tertiary/aromatic N) is 3. The molecule has 2 rings (SSSR count). The molecular weight excluding hydrogens is 270 g/mol. The molecule has 0 atom stereocenters. The Bertz CT molecular complexity index is 781. The Morgan fingerprint density at radius 1 is 1.67 bits per heavy atom. The summed E-state index contributed by atoms with van der Waals surface area (Å²) in [5.41, 5.74) is 1.58. The summed E-state index contributed by atoms with van der Waals surface area (Å²) in [5.74, 6) is -1.03. The van der Waals surface area contributed by atoms with E-state index in [-0.39, 0.29) is 18.1 Å². The highest BCUT2D eigenvalue weighted by Gasteiger charge is 2.16. The van der Waals surface area contributed by atoms with Gasteiger partial charge in [-0.05, 0) is 24.6 Å². The summed E-state index contributed by atoms with van der Waals surface area (Å²) >= 11 is 0. The van der Waals surface area contributed by atoms with Crippen molar-refractivity contribution < 1.29 is 14.6 Å². The zero-order valence-corrected chi connectivity index (χ0v) is 11.4. The third-order valence-electron chi connectivity index (χ3n) is 2.82. The van der Waals surface area contributed by atoms with E-state index in [1.165, 1.54) is 6.08 Å². The van der Waals surface area contributed by atoms with Crippen molar-refractivity contribution in [2.75, 3.05) is 6.61 Å². The van der Waals surface area contributed by atoms with E-state index in [9.17, 15) is 4.79 Å². The van der Waals surface area contributed by atoms with E-state index >= 15 is 0 Å². The van der Waals surface area contributed by atoms with Crippen LogP contribution in [0.3, 0.4) is 0 Å². The molecule has 6 heteroatoms. The molecule has 106 valence electrons. The first-order valence-corrected chi connectivity index (χ1v) is 6.15. The molecule has 0 aliphatic rings. The van der Waals surface area contributed by atoms with Gasteiger partial charge in [0.25, 0.3) is 0 Å². The van der Waals surface area contributed by atoms with Crippen LogP contribution < -0.4 is 4.74 Å². The summed E-state index contributed by atoms with van der Waals surface area (Å²) in [5, 5.41) is 17.9. The number of imidazole rings is 1. The molecule has 0 aliphatic heterocycles. The van der Waals surface area contributed by atoms with Crippen molar-refractivity contribution in [3.05, 3.63) is 47.8 Å². The van der Waals surface area contributed by atoms with E-state index in [1.807, 2.05) is 19.1 Å². The summed E-state index contributed by atoms with van der Waals surface area (Å²) in [6, 6.07) is 5.34. The maximum absolute atomic E-state index is 11.0. The van der Waals surface area contributed by atoms with Crippen LogP contribution in [-0.4, -0.2) is 27.1 Å². The molecule has 0 unspecified atom stereocenters. The zero-order valence-electron chi connectivity index (χ0n) is 11.4. The summed E-state index contributed by atoms with van der Waals surface area (Å²) in [4.78, 5) is 15.4. The number of hydrogen-bond acceptors (Lipinski definition) is 4. The maximum atomic E-state index is 11.0. The number of pyridine rings is 1. The lowest BCUT2D eigenvalue weighted by Gasteiger charge is -2.01. The number of rotatable bonds is 5. The standard InChI is InChI=1S/C15H13N3O3/c1-3-7-21-14-12(8-11(9-16)15(19)20)18-6-4-5-10(2)13(18)17-14/h3-6,8H,1,7H2,2H3,(H,19,20). The van der Waals surface area contributed by atoms with Crippen molar-refractivity contribution in [1.29, 1.82) is 5.26 Å². The number of aryl methyl sites for hydroxylation is 1. The lowest BCUT2D eigenvalue weighted by Crippen LogP contribution is -2.00. The van der Waals surface area contributed by atoms with E-state index in [4.69, 9.17) is 15.1 Å². The Labute approximate surface area is 121 Å². The SMILES string of the molecule is C=CCOc1nc2c(C)cccn2c1C=C(C#N)C(=O)O. The lowest BCUT2D eigenvalue weighted by molar-refractivity contribution is -0.132. The van der Waals surface area contributed by atoms with Crippen LogP contribution in [0.25, 0.3) is 11.7 Å². The van der Waals surface area contributed by atoms with Gasteiger partial charge < -0.3 is 9.84 Å². The van der Waals surface area contributed by atoms with Crippen molar-refractivity contribution in [3.8, 4) is 11.9 Å². The average molecular weight is 283 g/mol. The van der Waals surface area contributed by atoms with Gasteiger partial charge in [-0.2, -0.15) is 10.2 Å². The Morgan fingerprint density at radius 2 is 2.43 bits per heavy atom. The van der Waals surface area contributed by atoms with Gasteiger partial charge in [-0.1, -0.05) is 18.7 Å². The fraction of sp³-hybridized carbons (Fsp3) is 0.133. The van der Waals surface area contributed by atoms with Gasteiger partial charge in [0.05, 0.1) is 0 Å². The summed E-state index contributed by atoms with van der Waals surface area (Å²) in [6.07, 6.45) is 4.55. The number of carboxylic acids is 1. The van der Waals surface area contributed by atoms with Crippen molar-refractivity contribution in [2.24, 2.45) is 0 Å². The number of fused-ring (bicyclic) bond motifs is 1. The van der Waals surface area contributed by atoms with Crippen LogP contribution in [0.4, 0.5) is 0 Å². The largest absolute Gasteiger partial charge is 0.477 e. The molecule has 0 amide bonds. The van der Waals surface area contributed by atoms with E-state index in [0.29, 0.717) is 11.3 Å². The number of ether oxygens (including phenoxy) is 1. The second kappa shape index (κ2) is 5.92. The number of aromatic nitrogens is 2. The molecule has 0 fully saturated rings. The zero-order chi connectivity index (χ0) is 15.4. The Kier molecular flexibility index (Phi) is 4.05. The molecule has 0 aromatic carbocycles. The van der Waals surface area contributed by atoms with Gasteiger partial charge in [0.1, 0.15) is 29.6 Å². The Morgan fingerprint density at radius 3 is 3.05 bits per heavy atom. The summed E-state index contributed by atoms with van der Waals surface area (Å²) in [6.45, 7) is 5.68. The molecule has 0 spiro atoms. The molecule has 0 bridgehead atoms. The fourth-order valence-electron chi connectivity index (χ4n) is 1.86.